The number of hydrogen-bond donors (Lipinski definition) is 2. The predicted molar refractivity (Wildman–Crippen MR) is 96.6 cm³/mol. The Hall–Kier alpha value is -3.61. The van der Waals surface area contributed by atoms with E-state index in [0.29, 0.717) is 23.3 Å². The first kappa shape index (κ1) is 15.9. The van der Waals surface area contributed by atoms with Crippen molar-refractivity contribution in [3.05, 3.63) is 66.6 Å². The Morgan fingerprint density at radius 1 is 1.00 bits per heavy atom. The van der Waals surface area contributed by atoms with Crippen molar-refractivity contribution in [1.29, 1.82) is 0 Å². The predicted octanol–water partition coefficient (Wildman–Crippen LogP) is 4.64. The highest BCUT2D eigenvalue weighted by atomic mass is 19.1. The minimum Gasteiger partial charge on any atom is -0.497 e. The Morgan fingerprint density at radius 2 is 1.81 bits per heavy atom. The van der Waals surface area contributed by atoms with Crippen molar-refractivity contribution >= 4 is 22.4 Å². The van der Waals surface area contributed by atoms with E-state index in [1.165, 1.54) is 12.1 Å². The number of ether oxygens (including phenoxy) is 2. The van der Waals surface area contributed by atoms with Crippen LogP contribution in [-0.4, -0.2) is 22.3 Å². The molecule has 0 amide bonds. The smallest absolute Gasteiger partial charge is 0.229 e. The number of nitrogens with zero attached hydrogens (tertiary/aromatic N) is 2. The highest BCUT2D eigenvalue weighted by Crippen LogP contribution is 2.33. The number of halogens is 1. The van der Waals surface area contributed by atoms with Crippen molar-refractivity contribution in [2.75, 3.05) is 12.4 Å². The molecule has 2 N–H and O–H groups in total. The molecular formula is C19H15FN4O2. The van der Waals surface area contributed by atoms with E-state index >= 15 is 0 Å². The standard InChI is InChI=1S/C19H15FN4O2/c1-25-15-6-7-16-12(10-15)11-18(22-17-8-9-21-24-17)23-19(16)26-14-4-2-13(20)3-5-14/h2-11H,1H3,(H2,21,22,23,24). The molecule has 0 aliphatic carbocycles. The van der Waals surface area contributed by atoms with Crippen LogP contribution >= 0.6 is 0 Å². The van der Waals surface area contributed by atoms with Gasteiger partial charge in [-0.2, -0.15) is 10.1 Å². The topological polar surface area (TPSA) is 72.1 Å². The molecule has 0 saturated carbocycles. The van der Waals surface area contributed by atoms with Gasteiger partial charge in [-0.3, -0.25) is 5.10 Å². The minimum atomic E-state index is -0.324. The number of fused-ring (bicyclic) bond motifs is 1. The Morgan fingerprint density at radius 3 is 2.54 bits per heavy atom. The lowest BCUT2D eigenvalue weighted by Crippen LogP contribution is -1.97. The molecule has 4 rings (SSSR count). The zero-order valence-electron chi connectivity index (χ0n) is 13.9. The Labute approximate surface area is 148 Å². The van der Waals surface area contributed by atoms with E-state index in [-0.39, 0.29) is 5.82 Å². The molecule has 7 heteroatoms. The summed E-state index contributed by atoms with van der Waals surface area (Å²) in [7, 11) is 1.61. The molecule has 0 spiro atoms. The molecule has 130 valence electrons. The van der Waals surface area contributed by atoms with Crippen LogP contribution in [0.2, 0.25) is 0 Å². The molecule has 0 aliphatic rings. The zero-order valence-corrected chi connectivity index (χ0v) is 13.9. The van der Waals surface area contributed by atoms with Gasteiger partial charge in [0.05, 0.1) is 13.3 Å². The second-order valence-corrected chi connectivity index (χ2v) is 5.55. The maximum absolute atomic E-state index is 13.1. The van der Waals surface area contributed by atoms with Crippen LogP contribution in [0.5, 0.6) is 17.4 Å². The molecule has 2 aromatic carbocycles. The van der Waals surface area contributed by atoms with Crippen LogP contribution in [0.15, 0.2) is 60.8 Å². The van der Waals surface area contributed by atoms with Gasteiger partial charge in [-0.05, 0) is 53.9 Å². The first-order chi connectivity index (χ1) is 12.7. The van der Waals surface area contributed by atoms with Crippen molar-refractivity contribution in [1.82, 2.24) is 15.2 Å². The van der Waals surface area contributed by atoms with Crippen LogP contribution in [-0.2, 0) is 0 Å². The van der Waals surface area contributed by atoms with Crippen LogP contribution in [0, 0.1) is 5.82 Å². The number of aromatic nitrogens is 3. The van der Waals surface area contributed by atoms with Gasteiger partial charge in [0.2, 0.25) is 5.88 Å². The zero-order chi connectivity index (χ0) is 17.9. The third-order valence-electron chi connectivity index (χ3n) is 3.80. The van der Waals surface area contributed by atoms with Gasteiger partial charge in [0.15, 0.2) is 0 Å². The first-order valence-electron chi connectivity index (χ1n) is 7.90. The third kappa shape index (κ3) is 3.27. The Bertz CT molecular complexity index is 1030. The lowest BCUT2D eigenvalue weighted by molar-refractivity contribution is 0.415. The van der Waals surface area contributed by atoms with Crippen LogP contribution in [0.1, 0.15) is 0 Å². The molecule has 0 radical (unpaired) electrons. The Kier molecular flexibility index (Phi) is 4.10. The number of aromatic amines is 1. The highest BCUT2D eigenvalue weighted by Gasteiger charge is 2.11. The van der Waals surface area contributed by atoms with Gasteiger partial charge in [-0.1, -0.05) is 0 Å². The van der Waals surface area contributed by atoms with Gasteiger partial charge in [0.1, 0.15) is 29.0 Å². The molecule has 0 unspecified atom stereocenters. The number of rotatable bonds is 5. The molecular weight excluding hydrogens is 335 g/mol. The van der Waals surface area contributed by atoms with E-state index in [1.807, 2.05) is 24.3 Å². The molecule has 2 heterocycles. The summed E-state index contributed by atoms with van der Waals surface area (Å²) in [5, 5.41) is 11.6. The number of benzene rings is 2. The fraction of sp³-hybridized carbons (Fsp3) is 0.0526. The number of pyridine rings is 1. The summed E-state index contributed by atoms with van der Waals surface area (Å²) in [6.07, 6.45) is 1.64. The molecule has 0 aliphatic heterocycles. The maximum Gasteiger partial charge on any atom is 0.229 e. The molecule has 2 aromatic heterocycles. The summed E-state index contributed by atoms with van der Waals surface area (Å²) in [6, 6.07) is 15.1. The van der Waals surface area contributed by atoms with Crippen LogP contribution in [0.3, 0.4) is 0 Å². The fourth-order valence-electron chi connectivity index (χ4n) is 2.55. The summed E-state index contributed by atoms with van der Waals surface area (Å²) in [5.74, 6) is 2.58. The van der Waals surface area contributed by atoms with Crippen LogP contribution in [0.4, 0.5) is 16.0 Å². The molecule has 0 bridgehead atoms. The lowest BCUT2D eigenvalue weighted by Gasteiger charge is -2.12. The molecule has 0 fully saturated rings. The summed E-state index contributed by atoms with van der Waals surface area (Å²) in [5.41, 5.74) is 0. The quantitative estimate of drug-likeness (QED) is 0.548. The van der Waals surface area contributed by atoms with Crippen molar-refractivity contribution < 1.29 is 13.9 Å². The van der Waals surface area contributed by atoms with Crippen LogP contribution in [0.25, 0.3) is 10.8 Å². The second-order valence-electron chi connectivity index (χ2n) is 5.55. The second kappa shape index (κ2) is 6.72. The first-order valence-corrected chi connectivity index (χ1v) is 7.90. The average molecular weight is 350 g/mol. The molecule has 6 nitrogen and oxygen atoms in total. The normalized spacial score (nSPS) is 10.7. The third-order valence-corrected chi connectivity index (χ3v) is 3.80. The highest BCUT2D eigenvalue weighted by molar-refractivity contribution is 5.90. The molecule has 4 aromatic rings. The average Bonchev–Trinajstić information content (AvgIpc) is 3.16. The number of methoxy groups -OCH3 is 1. The summed E-state index contributed by atoms with van der Waals surface area (Å²) in [6.45, 7) is 0. The molecule has 26 heavy (non-hydrogen) atoms. The van der Waals surface area contributed by atoms with E-state index in [9.17, 15) is 4.39 Å². The van der Waals surface area contributed by atoms with Gasteiger partial charge in [0.25, 0.3) is 0 Å². The van der Waals surface area contributed by atoms with E-state index in [2.05, 4.69) is 20.5 Å². The summed E-state index contributed by atoms with van der Waals surface area (Å²) in [4.78, 5) is 4.53. The lowest BCUT2D eigenvalue weighted by atomic mass is 10.1. The molecule has 0 saturated heterocycles. The van der Waals surface area contributed by atoms with E-state index in [4.69, 9.17) is 9.47 Å². The number of nitrogens with one attached hydrogen (secondary N) is 2. The number of H-pyrrole nitrogens is 1. The van der Waals surface area contributed by atoms with Gasteiger partial charge in [-0.15, -0.1) is 0 Å². The van der Waals surface area contributed by atoms with Gasteiger partial charge >= 0.3 is 0 Å². The molecule has 0 atom stereocenters. The van der Waals surface area contributed by atoms with Gasteiger partial charge < -0.3 is 14.8 Å². The largest absolute Gasteiger partial charge is 0.497 e. The van der Waals surface area contributed by atoms with Crippen molar-refractivity contribution in [2.45, 2.75) is 0 Å². The van der Waals surface area contributed by atoms with Crippen LogP contribution < -0.4 is 14.8 Å². The van der Waals surface area contributed by atoms with E-state index in [0.717, 1.165) is 16.5 Å². The van der Waals surface area contributed by atoms with Crippen molar-refractivity contribution in [3.63, 3.8) is 0 Å². The van der Waals surface area contributed by atoms with Crippen molar-refractivity contribution in [3.8, 4) is 17.4 Å². The van der Waals surface area contributed by atoms with Gasteiger partial charge in [0, 0.05) is 11.5 Å². The summed E-state index contributed by atoms with van der Waals surface area (Å²) < 4.78 is 24.3. The fourth-order valence-corrected chi connectivity index (χ4v) is 2.55. The monoisotopic (exact) mass is 350 g/mol. The SMILES string of the molecule is COc1ccc2c(Oc3ccc(F)cc3)nc(Nc3ccn[nH]3)cc2c1. The minimum absolute atomic E-state index is 0.324. The van der Waals surface area contributed by atoms with Crippen molar-refractivity contribution in [2.24, 2.45) is 0 Å². The number of hydrogen-bond acceptors (Lipinski definition) is 5. The van der Waals surface area contributed by atoms with Gasteiger partial charge in [-0.25, -0.2) is 4.39 Å². The Balaban J connectivity index is 1.78. The van der Waals surface area contributed by atoms with E-state index < -0.39 is 0 Å². The number of anilines is 2. The summed E-state index contributed by atoms with van der Waals surface area (Å²) >= 11 is 0. The maximum atomic E-state index is 13.1. The van der Waals surface area contributed by atoms with E-state index in [1.54, 1.807) is 31.5 Å².